The van der Waals surface area contributed by atoms with Crippen LogP contribution in [0.1, 0.15) is 18.9 Å². The van der Waals surface area contributed by atoms with Crippen LogP contribution in [0.25, 0.3) is 0 Å². The van der Waals surface area contributed by atoms with Crippen molar-refractivity contribution in [2.75, 3.05) is 7.05 Å². The van der Waals surface area contributed by atoms with Gasteiger partial charge in [-0.1, -0.05) is 37.3 Å². The highest BCUT2D eigenvalue weighted by molar-refractivity contribution is 5.73. The first-order valence-electron chi connectivity index (χ1n) is 5.12. The van der Waals surface area contributed by atoms with Crippen molar-refractivity contribution in [2.45, 2.75) is 25.9 Å². The van der Waals surface area contributed by atoms with Crippen LogP contribution in [0.5, 0.6) is 0 Å². The molecular formula is C12H17NO2. The van der Waals surface area contributed by atoms with Crippen LogP contribution in [0.2, 0.25) is 0 Å². The summed E-state index contributed by atoms with van der Waals surface area (Å²) in [4.78, 5) is 12.8. The predicted octanol–water partition coefficient (Wildman–Crippen LogP) is 1.98. The molecule has 0 aliphatic carbocycles. The number of hydrogen-bond donors (Lipinski definition) is 1. The first-order valence-corrected chi connectivity index (χ1v) is 5.12. The van der Waals surface area contributed by atoms with Crippen molar-refractivity contribution >= 4 is 5.97 Å². The minimum absolute atomic E-state index is 0.398. The number of aliphatic carboxylic acids is 1. The van der Waals surface area contributed by atoms with Crippen molar-refractivity contribution < 1.29 is 9.90 Å². The van der Waals surface area contributed by atoms with Crippen LogP contribution in [0.3, 0.4) is 0 Å². The van der Waals surface area contributed by atoms with E-state index in [1.54, 1.807) is 0 Å². The highest BCUT2D eigenvalue weighted by atomic mass is 16.4. The zero-order chi connectivity index (χ0) is 11.3. The van der Waals surface area contributed by atoms with Crippen LogP contribution in [-0.2, 0) is 11.3 Å². The summed E-state index contributed by atoms with van der Waals surface area (Å²) in [7, 11) is 1.84. The zero-order valence-corrected chi connectivity index (χ0v) is 9.18. The molecule has 0 aliphatic heterocycles. The molecule has 0 saturated heterocycles. The molecule has 0 aliphatic rings. The smallest absolute Gasteiger partial charge is 0.320 e. The van der Waals surface area contributed by atoms with Gasteiger partial charge in [-0.2, -0.15) is 0 Å². The number of likely N-dealkylation sites (N-methyl/N-ethyl adjacent to an activating group) is 1. The Bertz CT molecular complexity index is 311. The number of carboxylic acids is 1. The summed E-state index contributed by atoms with van der Waals surface area (Å²) in [5, 5.41) is 8.98. The summed E-state index contributed by atoms with van der Waals surface area (Å²) >= 11 is 0. The lowest BCUT2D eigenvalue weighted by molar-refractivity contribution is -0.143. The van der Waals surface area contributed by atoms with Gasteiger partial charge in [0.2, 0.25) is 0 Å². The normalized spacial score (nSPS) is 12.7. The monoisotopic (exact) mass is 207 g/mol. The highest BCUT2D eigenvalue weighted by Gasteiger charge is 2.19. The lowest BCUT2D eigenvalue weighted by atomic mass is 10.1. The number of hydrogen-bond acceptors (Lipinski definition) is 2. The standard InChI is InChI=1S/C12H17NO2/c1-3-11(12(14)15)13(2)9-10-7-5-4-6-8-10/h4-8,11H,3,9H2,1-2H3,(H,14,15)/t11-/m0/s1. The Hall–Kier alpha value is -1.35. The summed E-state index contributed by atoms with van der Waals surface area (Å²) < 4.78 is 0. The maximum Gasteiger partial charge on any atom is 0.320 e. The number of rotatable bonds is 5. The number of nitrogens with zero attached hydrogens (tertiary/aromatic N) is 1. The SMILES string of the molecule is CC[C@@H](C(=O)O)N(C)Cc1ccccc1. The van der Waals surface area contributed by atoms with Gasteiger partial charge in [-0.15, -0.1) is 0 Å². The Morgan fingerprint density at radius 1 is 1.40 bits per heavy atom. The van der Waals surface area contributed by atoms with E-state index >= 15 is 0 Å². The zero-order valence-electron chi connectivity index (χ0n) is 9.18. The van der Waals surface area contributed by atoms with E-state index in [1.165, 1.54) is 0 Å². The molecular weight excluding hydrogens is 190 g/mol. The molecule has 0 heterocycles. The number of carboxylic acid groups (broad SMARTS) is 1. The van der Waals surface area contributed by atoms with Gasteiger partial charge in [0.25, 0.3) is 0 Å². The topological polar surface area (TPSA) is 40.5 Å². The Labute approximate surface area is 90.3 Å². The van der Waals surface area contributed by atoms with Gasteiger partial charge in [-0.3, -0.25) is 9.69 Å². The largest absolute Gasteiger partial charge is 0.480 e. The number of carbonyl (C=O) groups is 1. The minimum Gasteiger partial charge on any atom is -0.480 e. The van der Waals surface area contributed by atoms with Crippen molar-refractivity contribution in [3.8, 4) is 0 Å². The third kappa shape index (κ3) is 3.36. The fourth-order valence-corrected chi connectivity index (χ4v) is 1.66. The molecule has 0 radical (unpaired) electrons. The van der Waals surface area contributed by atoms with E-state index in [9.17, 15) is 4.79 Å². The Kier molecular flexibility index (Phi) is 4.31. The summed E-state index contributed by atoms with van der Waals surface area (Å²) in [5.74, 6) is -0.754. The average molecular weight is 207 g/mol. The fraction of sp³-hybridized carbons (Fsp3) is 0.417. The molecule has 0 aromatic heterocycles. The van der Waals surface area contributed by atoms with Gasteiger partial charge in [0.05, 0.1) is 0 Å². The first kappa shape index (κ1) is 11.7. The lowest BCUT2D eigenvalue weighted by Gasteiger charge is -2.23. The maximum absolute atomic E-state index is 10.9. The Balaban J connectivity index is 2.62. The second-order valence-electron chi connectivity index (χ2n) is 3.66. The highest BCUT2D eigenvalue weighted by Crippen LogP contribution is 2.08. The molecule has 0 fully saturated rings. The van der Waals surface area contributed by atoms with Crippen LogP contribution in [-0.4, -0.2) is 29.1 Å². The van der Waals surface area contributed by atoms with Gasteiger partial charge in [0, 0.05) is 6.54 Å². The van der Waals surface area contributed by atoms with E-state index < -0.39 is 12.0 Å². The molecule has 3 nitrogen and oxygen atoms in total. The van der Waals surface area contributed by atoms with Crippen LogP contribution >= 0.6 is 0 Å². The lowest BCUT2D eigenvalue weighted by Crippen LogP contribution is -2.37. The Morgan fingerprint density at radius 3 is 2.47 bits per heavy atom. The molecule has 3 heteroatoms. The van der Waals surface area contributed by atoms with E-state index in [-0.39, 0.29) is 0 Å². The van der Waals surface area contributed by atoms with Crippen LogP contribution in [0.15, 0.2) is 30.3 Å². The van der Waals surface area contributed by atoms with Crippen molar-refractivity contribution in [1.29, 1.82) is 0 Å². The molecule has 15 heavy (non-hydrogen) atoms. The molecule has 1 rings (SSSR count). The Morgan fingerprint density at radius 2 is 2.00 bits per heavy atom. The molecule has 1 aromatic rings. The third-order valence-corrected chi connectivity index (χ3v) is 2.48. The van der Waals surface area contributed by atoms with E-state index in [4.69, 9.17) is 5.11 Å². The van der Waals surface area contributed by atoms with Crippen LogP contribution in [0, 0.1) is 0 Å². The predicted molar refractivity (Wildman–Crippen MR) is 59.6 cm³/mol. The fourth-order valence-electron chi connectivity index (χ4n) is 1.66. The van der Waals surface area contributed by atoms with Crippen LogP contribution in [0.4, 0.5) is 0 Å². The van der Waals surface area contributed by atoms with Crippen molar-refractivity contribution in [3.05, 3.63) is 35.9 Å². The average Bonchev–Trinajstić information content (AvgIpc) is 2.19. The quantitative estimate of drug-likeness (QED) is 0.802. The third-order valence-electron chi connectivity index (χ3n) is 2.48. The summed E-state index contributed by atoms with van der Waals surface area (Å²) in [6.45, 7) is 2.56. The van der Waals surface area contributed by atoms with Crippen molar-refractivity contribution in [2.24, 2.45) is 0 Å². The molecule has 82 valence electrons. The molecule has 1 aromatic carbocycles. The van der Waals surface area contributed by atoms with Crippen molar-refractivity contribution in [3.63, 3.8) is 0 Å². The van der Waals surface area contributed by atoms with Crippen LogP contribution < -0.4 is 0 Å². The molecule has 0 unspecified atom stereocenters. The van der Waals surface area contributed by atoms with Gasteiger partial charge in [0.15, 0.2) is 0 Å². The second-order valence-corrected chi connectivity index (χ2v) is 3.66. The van der Waals surface area contributed by atoms with E-state index in [2.05, 4.69) is 0 Å². The van der Waals surface area contributed by atoms with Gasteiger partial charge in [-0.05, 0) is 19.0 Å². The molecule has 0 amide bonds. The van der Waals surface area contributed by atoms with Crippen molar-refractivity contribution in [1.82, 2.24) is 4.90 Å². The molecule has 0 bridgehead atoms. The molecule has 0 saturated carbocycles. The van der Waals surface area contributed by atoms with Gasteiger partial charge >= 0.3 is 5.97 Å². The van der Waals surface area contributed by atoms with E-state index in [1.807, 2.05) is 49.2 Å². The maximum atomic E-state index is 10.9. The molecule has 1 atom stereocenters. The summed E-state index contributed by atoms with van der Waals surface area (Å²) in [5.41, 5.74) is 1.14. The van der Waals surface area contributed by atoms with Gasteiger partial charge in [-0.25, -0.2) is 0 Å². The van der Waals surface area contributed by atoms with E-state index in [0.29, 0.717) is 13.0 Å². The van der Waals surface area contributed by atoms with Gasteiger partial charge in [0.1, 0.15) is 6.04 Å². The minimum atomic E-state index is -0.754. The van der Waals surface area contributed by atoms with E-state index in [0.717, 1.165) is 5.56 Å². The number of benzene rings is 1. The molecule has 0 spiro atoms. The first-order chi connectivity index (χ1) is 7.15. The summed E-state index contributed by atoms with van der Waals surface area (Å²) in [6.07, 6.45) is 0.624. The second kappa shape index (κ2) is 5.51. The molecule has 1 N–H and O–H groups in total. The van der Waals surface area contributed by atoms with Gasteiger partial charge < -0.3 is 5.11 Å². The summed E-state index contributed by atoms with van der Waals surface area (Å²) in [6, 6.07) is 9.49.